The molecule has 60 valence electrons. The second-order valence-electron chi connectivity index (χ2n) is 2.44. The van der Waals surface area contributed by atoms with Crippen molar-refractivity contribution in [2.75, 3.05) is 0 Å². The Labute approximate surface area is 82.7 Å². The SMILES string of the molecule is Cc1c(Br)cc(Br)c(C)c1O. The lowest BCUT2D eigenvalue weighted by molar-refractivity contribution is 0.466. The van der Waals surface area contributed by atoms with Crippen molar-refractivity contribution in [2.45, 2.75) is 13.8 Å². The van der Waals surface area contributed by atoms with Crippen LogP contribution in [0.3, 0.4) is 0 Å². The molecule has 0 bridgehead atoms. The van der Waals surface area contributed by atoms with E-state index in [0.717, 1.165) is 20.1 Å². The average Bonchev–Trinajstić information content (AvgIpc) is 1.97. The van der Waals surface area contributed by atoms with Crippen LogP contribution in [-0.4, -0.2) is 5.11 Å². The first-order valence-electron chi connectivity index (χ1n) is 3.18. The Morgan fingerprint density at radius 3 is 1.82 bits per heavy atom. The Bertz CT molecular complexity index is 268. The lowest BCUT2D eigenvalue weighted by atomic mass is 10.1. The van der Waals surface area contributed by atoms with Crippen LogP contribution in [0.4, 0.5) is 0 Å². The molecule has 1 rings (SSSR count). The molecule has 0 fully saturated rings. The van der Waals surface area contributed by atoms with Crippen LogP contribution in [0.1, 0.15) is 11.1 Å². The number of halogens is 2. The number of phenolic OH excluding ortho intramolecular Hbond substituents is 1. The van der Waals surface area contributed by atoms with Crippen molar-refractivity contribution in [3.63, 3.8) is 0 Å². The van der Waals surface area contributed by atoms with Gasteiger partial charge < -0.3 is 5.11 Å². The van der Waals surface area contributed by atoms with Gasteiger partial charge in [-0.05, 0) is 19.9 Å². The Morgan fingerprint density at radius 1 is 1.09 bits per heavy atom. The van der Waals surface area contributed by atoms with Crippen LogP contribution in [0, 0.1) is 13.8 Å². The summed E-state index contributed by atoms with van der Waals surface area (Å²) in [6.45, 7) is 3.75. The second kappa shape index (κ2) is 3.15. The summed E-state index contributed by atoms with van der Waals surface area (Å²) in [5, 5.41) is 9.51. The lowest BCUT2D eigenvalue weighted by Gasteiger charge is -2.06. The van der Waals surface area contributed by atoms with Gasteiger partial charge in [-0.15, -0.1) is 0 Å². The first-order chi connectivity index (χ1) is 5.04. The van der Waals surface area contributed by atoms with Gasteiger partial charge in [-0.1, -0.05) is 31.9 Å². The van der Waals surface area contributed by atoms with E-state index in [1.807, 2.05) is 19.9 Å². The van der Waals surface area contributed by atoms with E-state index in [4.69, 9.17) is 0 Å². The van der Waals surface area contributed by atoms with Gasteiger partial charge in [0.15, 0.2) is 0 Å². The summed E-state index contributed by atoms with van der Waals surface area (Å²) in [5.74, 6) is 0.353. The van der Waals surface area contributed by atoms with E-state index in [-0.39, 0.29) is 0 Å². The topological polar surface area (TPSA) is 20.2 Å². The van der Waals surface area contributed by atoms with Crippen molar-refractivity contribution in [1.29, 1.82) is 0 Å². The maximum absolute atomic E-state index is 9.51. The fourth-order valence-electron chi connectivity index (χ4n) is 0.835. The van der Waals surface area contributed by atoms with Gasteiger partial charge >= 0.3 is 0 Å². The molecule has 0 radical (unpaired) electrons. The molecule has 0 spiro atoms. The molecule has 0 amide bonds. The highest BCUT2D eigenvalue weighted by molar-refractivity contribution is 9.11. The smallest absolute Gasteiger partial charge is 0.123 e. The van der Waals surface area contributed by atoms with E-state index < -0.39 is 0 Å². The number of hydrogen-bond donors (Lipinski definition) is 1. The van der Waals surface area contributed by atoms with Crippen molar-refractivity contribution in [3.8, 4) is 5.75 Å². The molecule has 0 saturated heterocycles. The summed E-state index contributed by atoms with van der Waals surface area (Å²) in [5.41, 5.74) is 1.76. The molecule has 0 atom stereocenters. The van der Waals surface area contributed by atoms with Gasteiger partial charge in [-0.25, -0.2) is 0 Å². The summed E-state index contributed by atoms with van der Waals surface area (Å²) in [6, 6.07) is 1.93. The average molecular weight is 280 g/mol. The molecule has 11 heavy (non-hydrogen) atoms. The quantitative estimate of drug-likeness (QED) is 0.770. The maximum atomic E-state index is 9.51. The van der Waals surface area contributed by atoms with E-state index in [9.17, 15) is 5.11 Å². The van der Waals surface area contributed by atoms with Crippen LogP contribution in [0.5, 0.6) is 5.75 Å². The summed E-state index contributed by atoms with van der Waals surface area (Å²) in [4.78, 5) is 0. The Hall–Kier alpha value is -0.0200. The van der Waals surface area contributed by atoms with Crippen molar-refractivity contribution < 1.29 is 5.11 Å². The first kappa shape index (κ1) is 9.07. The normalized spacial score (nSPS) is 10.2. The van der Waals surface area contributed by atoms with Crippen molar-refractivity contribution >= 4 is 31.9 Å². The zero-order valence-corrected chi connectivity index (χ0v) is 9.45. The molecule has 0 unspecified atom stereocenters. The molecule has 1 nitrogen and oxygen atoms in total. The zero-order chi connectivity index (χ0) is 8.59. The lowest BCUT2D eigenvalue weighted by Crippen LogP contribution is -1.83. The van der Waals surface area contributed by atoms with Crippen LogP contribution >= 0.6 is 31.9 Å². The number of phenols is 1. The molecule has 1 N–H and O–H groups in total. The standard InChI is InChI=1S/C8H8Br2O/c1-4-6(9)3-7(10)5(2)8(4)11/h3,11H,1-2H3. The fourth-order valence-corrected chi connectivity index (χ4v) is 1.98. The minimum absolute atomic E-state index is 0.353. The Balaban J connectivity index is 3.46. The fraction of sp³-hybridized carbons (Fsp3) is 0.250. The molecule has 0 aliphatic carbocycles. The highest BCUT2D eigenvalue weighted by Crippen LogP contribution is 2.33. The Kier molecular flexibility index (Phi) is 2.60. The molecule has 0 heterocycles. The predicted octanol–water partition coefficient (Wildman–Crippen LogP) is 3.53. The van der Waals surface area contributed by atoms with Crippen molar-refractivity contribution in [2.24, 2.45) is 0 Å². The van der Waals surface area contributed by atoms with Gasteiger partial charge in [0.1, 0.15) is 5.75 Å². The molecule has 1 aromatic carbocycles. The van der Waals surface area contributed by atoms with Gasteiger partial charge in [-0.2, -0.15) is 0 Å². The van der Waals surface area contributed by atoms with Crippen molar-refractivity contribution in [1.82, 2.24) is 0 Å². The van der Waals surface area contributed by atoms with E-state index >= 15 is 0 Å². The highest BCUT2D eigenvalue weighted by atomic mass is 79.9. The number of rotatable bonds is 0. The van der Waals surface area contributed by atoms with Crippen LogP contribution < -0.4 is 0 Å². The number of hydrogen-bond acceptors (Lipinski definition) is 1. The van der Waals surface area contributed by atoms with Gasteiger partial charge in [-0.3, -0.25) is 0 Å². The van der Waals surface area contributed by atoms with Gasteiger partial charge in [0.2, 0.25) is 0 Å². The zero-order valence-electron chi connectivity index (χ0n) is 6.28. The van der Waals surface area contributed by atoms with Crippen LogP contribution in [-0.2, 0) is 0 Å². The number of aromatic hydroxyl groups is 1. The van der Waals surface area contributed by atoms with E-state index in [0.29, 0.717) is 5.75 Å². The maximum Gasteiger partial charge on any atom is 0.123 e. The predicted molar refractivity (Wildman–Crippen MR) is 53.0 cm³/mol. The minimum atomic E-state index is 0.353. The third kappa shape index (κ3) is 1.59. The summed E-state index contributed by atoms with van der Waals surface area (Å²) in [7, 11) is 0. The van der Waals surface area contributed by atoms with Crippen LogP contribution in [0.25, 0.3) is 0 Å². The van der Waals surface area contributed by atoms with E-state index in [1.165, 1.54) is 0 Å². The third-order valence-electron chi connectivity index (χ3n) is 1.68. The summed E-state index contributed by atoms with van der Waals surface area (Å²) in [6.07, 6.45) is 0. The molecule has 0 aliphatic rings. The molecule has 0 saturated carbocycles. The van der Waals surface area contributed by atoms with Crippen molar-refractivity contribution in [3.05, 3.63) is 26.1 Å². The summed E-state index contributed by atoms with van der Waals surface area (Å²) < 4.78 is 1.85. The first-order valence-corrected chi connectivity index (χ1v) is 4.76. The monoisotopic (exact) mass is 278 g/mol. The van der Waals surface area contributed by atoms with Crippen LogP contribution in [0.2, 0.25) is 0 Å². The molecule has 0 aliphatic heterocycles. The highest BCUT2D eigenvalue weighted by Gasteiger charge is 2.07. The summed E-state index contributed by atoms with van der Waals surface area (Å²) >= 11 is 6.68. The Morgan fingerprint density at radius 2 is 1.45 bits per heavy atom. The van der Waals surface area contributed by atoms with Gasteiger partial charge in [0, 0.05) is 20.1 Å². The molecule has 0 aromatic heterocycles. The second-order valence-corrected chi connectivity index (χ2v) is 4.15. The van der Waals surface area contributed by atoms with E-state index in [2.05, 4.69) is 31.9 Å². The van der Waals surface area contributed by atoms with Crippen LogP contribution in [0.15, 0.2) is 15.0 Å². The van der Waals surface area contributed by atoms with Gasteiger partial charge in [0.25, 0.3) is 0 Å². The van der Waals surface area contributed by atoms with Gasteiger partial charge in [0.05, 0.1) is 0 Å². The minimum Gasteiger partial charge on any atom is -0.507 e. The van der Waals surface area contributed by atoms with E-state index in [1.54, 1.807) is 0 Å². The molecule has 3 heteroatoms. The number of benzene rings is 1. The molecular formula is C8H8Br2O. The molecule has 1 aromatic rings. The molecular weight excluding hydrogens is 272 g/mol. The third-order valence-corrected chi connectivity index (χ3v) is 3.33. The largest absolute Gasteiger partial charge is 0.507 e.